The van der Waals surface area contributed by atoms with Crippen molar-refractivity contribution in [3.63, 3.8) is 0 Å². The summed E-state index contributed by atoms with van der Waals surface area (Å²) in [6, 6.07) is 8.34. The van der Waals surface area contributed by atoms with Gasteiger partial charge in [0.15, 0.2) is 5.82 Å². The molecule has 5 heteroatoms. The molecule has 0 saturated carbocycles. The molecule has 1 aliphatic heterocycles. The monoisotopic (exact) mass is 315 g/mol. The van der Waals surface area contributed by atoms with E-state index in [1.54, 1.807) is 0 Å². The van der Waals surface area contributed by atoms with Gasteiger partial charge in [-0.1, -0.05) is 43.3 Å². The van der Waals surface area contributed by atoms with E-state index >= 15 is 0 Å². The van der Waals surface area contributed by atoms with Crippen molar-refractivity contribution >= 4 is 0 Å². The summed E-state index contributed by atoms with van der Waals surface area (Å²) in [4.78, 5) is 6.72. The van der Waals surface area contributed by atoms with Gasteiger partial charge in [-0.25, -0.2) is 0 Å². The summed E-state index contributed by atoms with van der Waals surface area (Å²) >= 11 is 0. The highest BCUT2D eigenvalue weighted by atomic mass is 16.5. The first kappa shape index (κ1) is 16.1. The number of aliphatic hydroxyl groups is 1. The van der Waals surface area contributed by atoms with Crippen molar-refractivity contribution in [1.29, 1.82) is 0 Å². The van der Waals surface area contributed by atoms with Crippen LogP contribution in [0.5, 0.6) is 0 Å². The van der Waals surface area contributed by atoms with Crippen LogP contribution in [0.3, 0.4) is 0 Å². The number of fused-ring (bicyclic) bond motifs is 1. The Balaban J connectivity index is 1.68. The Kier molecular flexibility index (Phi) is 5.08. The van der Waals surface area contributed by atoms with Crippen LogP contribution >= 0.6 is 0 Å². The first-order valence-corrected chi connectivity index (χ1v) is 8.41. The second-order valence-corrected chi connectivity index (χ2v) is 6.65. The third-order valence-electron chi connectivity index (χ3n) is 4.49. The maximum atomic E-state index is 9.83. The number of nitrogens with zero attached hydrogens (tertiary/aromatic N) is 3. The fourth-order valence-corrected chi connectivity index (χ4v) is 3.15. The molecule has 2 heterocycles. The first-order valence-electron chi connectivity index (χ1n) is 8.41. The predicted octanol–water partition coefficient (Wildman–Crippen LogP) is 2.75. The van der Waals surface area contributed by atoms with Crippen molar-refractivity contribution in [2.75, 3.05) is 13.2 Å². The van der Waals surface area contributed by atoms with Crippen LogP contribution in [0, 0.1) is 5.92 Å². The van der Waals surface area contributed by atoms with Gasteiger partial charge < -0.3 is 9.63 Å². The van der Waals surface area contributed by atoms with Gasteiger partial charge in [0.25, 0.3) is 0 Å². The third kappa shape index (κ3) is 3.79. The molecule has 0 saturated heterocycles. The topological polar surface area (TPSA) is 62.4 Å². The zero-order valence-electron chi connectivity index (χ0n) is 13.9. The number of hydrogen-bond acceptors (Lipinski definition) is 5. The van der Waals surface area contributed by atoms with Crippen LogP contribution in [-0.2, 0) is 19.4 Å². The van der Waals surface area contributed by atoms with E-state index < -0.39 is 0 Å². The first-order chi connectivity index (χ1) is 11.2. The number of aryl methyl sites for hydroxylation is 1. The highest BCUT2D eigenvalue weighted by molar-refractivity contribution is 5.32. The molecule has 1 N–H and O–H groups in total. The van der Waals surface area contributed by atoms with E-state index in [2.05, 4.69) is 47.1 Å². The quantitative estimate of drug-likeness (QED) is 0.888. The molecule has 5 nitrogen and oxygen atoms in total. The maximum absolute atomic E-state index is 9.83. The molecular weight excluding hydrogens is 290 g/mol. The summed E-state index contributed by atoms with van der Waals surface area (Å²) in [5.41, 5.74) is 2.53. The van der Waals surface area contributed by atoms with Gasteiger partial charge in [-0.05, 0) is 29.9 Å². The minimum absolute atomic E-state index is 0.00552. The Hall–Kier alpha value is -1.72. The summed E-state index contributed by atoms with van der Waals surface area (Å²) in [5.74, 6) is 2.06. The van der Waals surface area contributed by atoms with Crippen molar-refractivity contribution in [1.82, 2.24) is 15.0 Å². The van der Waals surface area contributed by atoms with E-state index in [-0.39, 0.29) is 12.6 Å². The third-order valence-corrected chi connectivity index (χ3v) is 4.49. The maximum Gasteiger partial charge on any atom is 0.240 e. The predicted molar refractivity (Wildman–Crippen MR) is 87.8 cm³/mol. The average molecular weight is 315 g/mol. The molecule has 0 fully saturated rings. The van der Waals surface area contributed by atoms with Crippen molar-refractivity contribution in [2.24, 2.45) is 5.92 Å². The molecule has 1 atom stereocenters. The standard InChI is InChI=1S/C18H25N3O2/c1-13(2)7-8-17-19-18(23-20-17)11-21-10-9-14-5-3-4-6-15(14)16(21)12-22/h3-6,13,16,22H,7-12H2,1-2H3. The molecule has 124 valence electrons. The molecule has 1 aromatic carbocycles. The Bertz CT molecular complexity index is 639. The number of hydrogen-bond donors (Lipinski definition) is 1. The Labute approximate surface area is 137 Å². The number of rotatable bonds is 6. The highest BCUT2D eigenvalue weighted by Gasteiger charge is 2.27. The van der Waals surface area contributed by atoms with Crippen molar-refractivity contribution in [2.45, 2.75) is 45.7 Å². The molecule has 3 rings (SSSR count). The van der Waals surface area contributed by atoms with Gasteiger partial charge in [0.05, 0.1) is 19.2 Å². The van der Waals surface area contributed by atoms with Crippen LogP contribution in [0.15, 0.2) is 28.8 Å². The minimum atomic E-state index is 0.00552. The molecular formula is C18H25N3O2. The van der Waals surface area contributed by atoms with Gasteiger partial charge in [0.1, 0.15) is 0 Å². The summed E-state index contributed by atoms with van der Waals surface area (Å²) in [7, 11) is 0. The molecule has 2 aromatic rings. The molecule has 0 radical (unpaired) electrons. The number of aromatic nitrogens is 2. The zero-order chi connectivity index (χ0) is 16.2. The molecule has 0 amide bonds. The van der Waals surface area contributed by atoms with Crippen molar-refractivity contribution in [3.8, 4) is 0 Å². The minimum Gasteiger partial charge on any atom is -0.394 e. The van der Waals surface area contributed by atoms with Crippen LogP contribution in [0.2, 0.25) is 0 Å². The van der Waals surface area contributed by atoms with Crippen LogP contribution in [-0.4, -0.2) is 33.3 Å². The lowest BCUT2D eigenvalue weighted by Gasteiger charge is -2.35. The van der Waals surface area contributed by atoms with E-state index in [9.17, 15) is 5.11 Å². The lowest BCUT2D eigenvalue weighted by molar-refractivity contribution is 0.0971. The molecule has 1 unspecified atom stereocenters. The second-order valence-electron chi connectivity index (χ2n) is 6.65. The van der Waals surface area contributed by atoms with E-state index in [1.807, 2.05) is 6.07 Å². The Morgan fingerprint density at radius 3 is 2.96 bits per heavy atom. The highest BCUT2D eigenvalue weighted by Crippen LogP contribution is 2.30. The van der Waals surface area contributed by atoms with Gasteiger partial charge in [-0.3, -0.25) is 4.90 Å². The zero-order valence-corrected chi connectivity index (χ0v) is 13.9. The summed E-state index contributed by atoms with van der Waals surface area (Å²) < 4.78 is 5.40. The lowest BCUT2D eigenvalue weighted by Crippen LogP contribution is -2.36. The van der Waals surface area contributed by atoms with Crippen LogP contribution in [0.1, 0.15) is 49.2 Å². The van der Waals surface area contributed by atoms with E-state index in [0.717, 1.165) is 31.6 Å². The average Bonchev–Trinajstić information content (AvgIpc) is 3.00. The van der Waals surface area contributed by atoms with Crippen LogP contribution < -0.4 is 0 Å². The van der Waals surface area contributed by atoms with Gasteiger partial charge in [-0.2, -0.15) is 4.98 Å². The lowest BCUT2D eigenvalue weighted by atomic mass is 9.93. The molecule has 1 aromatic heterocycles. The van der Waals surface area contributed by atoms with Crippen molar-refractivity contribution in [3.05, 3.63) is 47.1 Å². The summed E-state index contributed by atoms with van der Waals surface area (Å²) in [6.45, 7) is 5.97. The Morgan fingerprint density at radius 2 is 2.17 bits per heavy atom. The molecule has 1 aliphatic rings. The van der Waals surface area contributed by atoms with Gasteiger partial charge in [0, 0.05) is 13.0 Å². The number of aliphatic hydroxyl groups excluding tert-OH is 1. The van der Waals surface area contributed by atoms with Gasteiger partial charge in [-0.15, -0.1) is 0 Å². The molecule has 23 heavy (non-hydrogen) atoms. The molecule has 0 spiro atoms. The normalized spacial score (nSPS) is 18.3. The molecule has 0 aliphatic carbocycles. The van der Waals surface area contributed by atoms with E-state index in [4.69, 9.17) is 4.52 Å². The Morgan fingerprint density at radius 1 is 1.35 bits per heavy atom. The van der Waals surface area contributed by atoms with E-state index in [0.29, 0.717) is 18.4 Å². The fraction of sp³-hybridized carbons (Fsp3) is 0.556. The van der Waals surface area contributed by atoms with E-state index in [1.165, 1.54) is 11.1 Å². The van der Waals surface area contributed by atoms with Gasteiger partial charge in [0.2, 0.25) is 5.89 Å². The number of benzene rings is 1. The summed E-state index contributed by atoms with van der Waals surface area (Å²) in [6.07, 6.45) is 2.91. The van der Waals surface area contributed by atoms with Crippen LogP contribution in [0.4, 0.5) is 0 Å². The SMILES string of the molecule is CC(C)CCc1noc(CN2CCc3ccccc3C2CO)n1. The largest absolute Gasteiger partial charge is 0.394 e. The fourth-order valence-electron chi connectivity index (χ4n) is 3.15. The smallest absolute Gasteiger partial charge is 0.240 e. The summed E-state index contributed by atoms with van der Waals surface area (Å²) in [5, 5.41) is 13.9. The second kappa shape index (κ2) is 7.23. The van der Waals surface area contributed by atoms with Crippen LogP contribution in [0.25, 0.3) is 0 Å². The molecule has 0 bridgehead atoms. The van der Waals surface area contributed by atoms with Gasteiger partial charge >= 0.3 is 0 Å². The van der Waals surface area contributed by atoms with Crippen molar-refractivity contribution < 1.29 is 9.63 Å².